The molecule has 0 spiro atoms. The summed E-state index contributed by atoms with van der Waals surface area (Å²) >= 11 is 0. The lowest BCUT2D eigenvalue weighted by molar-refractivity contribution is -0.117. The number of hydrogen-bond acceptors (Lipinski definition) is 3. The van der Waals surface area contributed by atoms with Gasteiger partial charge < -0.3 is 9.47 Å². The molecule has 4 rings (SSSR count). The van der Waals surface area contributed by atoms with Gasteiger partial charge in [-0.3, -0.25) is 14.6 Å². The Morgan fingerprint density at radius 3 is 2.28 bits per heavy atom. The molecule has 3 aromatic rings. The molecule has 5 nitrogen and oxygen atoms in total. The smallest absolute Gasteiger partial charge is 0.250 e. The molecule has 5 heteroatoms. The first-order chi connectivity index (χ1) is 15.4. The minimum atomic E-state index is -0.00547. The number of pyridine rings is 2. The summed E-state index contributed by atoms with van der Waals surface area (Å²) in [6, 6.07) is 11.9. The molecule has 3 heterocycles. The number of benzene rings is 1. The number of anilines is 1. The Morgan fingerprint density at radius 1 is 0.906 bits per heavy atom. The van der Waals surface area contributed by atoms with E-state index in [-0.39, 0.29) is 17.5 Å². The highest BCUT2D eigenvalue weighted by Crippen LogP contribution is 2.34. The van der Waals surface area contributed by atoms with Crippen LogP contribution in [0.4, 0.5) is 5.69 Å². The molecular weight excluding hydrogens is 398 g/mol. The molecule has 1 aliphatic rings. The lowest BCUT2D eigenvalue weighted by Crippen LogP contribution is -2.31. The fourth-order valence-corrected chi connectivity index (χ4v) is 4.40. The minimum absolute atomic E-state index is 0.00547. The average molecular weight is 430 g/mol. The van der Waals surface area contributed by atoms with Crippen molar-refractivity contribution in [1.29, 1.82) is 0 Å². The second kappa shape index (κ2) is 9.11. The first kappa shape index (κ1) is 22.0. The zero-order chi connectivity index (χ0) is 22.8. The Hall–Kier alpha value is -3.21. The van der Waals surface area contributed by atoms with Gasteiger partial charge in [0.25, 0.3) is 5.56 Å². The van der Waals surface area contributed by atoms with E-state index in [1.165, 1.54) is 0 Å². The van der Waals surface area contributed by atoms with E-state index in [9.17, 15) is 9.59 Å². The molecule has 0 saturated carbocycles. The predicted octanol–water partition coefficient (Wildman–Crippen LogP) is 5.48. The number of carbonyl (C=O) groups is 1. The molecule has 1 aliphatic heterocycles. The largest absolute Gasteiger partial charge is 0.312 e. The lowest BCUT2D eigenvalue weighted by atomic mass is 10.00. The third kappa shape index (κ3) is 4.24. The quantitative estimate of drug-likeness (QED) is 0.499. The van der Waals surface area contributed by atoms with E-state index in [1.54, 1.807) is 10.6 Å². The Bertz CT molecular complexity index is 1190. The number of amides is 1. The van der Waals surface area contributed by atoms with E-state index in [0.29, 0.717) is 12.3 Å². The van der Waals surface area contributed by atoms with E-state index >= 15 is 0 Å². The Morgan fingerprint density at radius 2 is 1.59 bits per heavy atom. The van der Waals surface area contributed by atoms with Gasteiger partial charge in [0.2, 0.25) is 5.91 Å². The number of nitrogens with zero attached hydrogens (tertiary/aromatic N) is 3. The summed E-state index contributed by atoms with van der Waals surface area (Å²) in [6.45, 7) is 9.16. The molecule has 0 aliphatic carbocycles. The monoisotopic (exact) mass is 429 g/mol. The molecule has 0 saturated heterocycles. The van der Waals surface area contributed by atoms with E-state index in [2.05, 4.69) is 43.1 Å². The molecular formula is C27H31N3O2. The second-order valence-corrected chi connectivity index (χ2v) is 8.93. The molecule has 0 N–H and O–H groups in total. The standard InChI is InChI=1S/C27H31N3O2/c1-5-19(6-2)16-30-25-9-7-20(11-22(25)13-27(30)32)23-12-24(15-28-14-23)21-8-10-26(31)29(17-21)18(3)4/h7-12,14-15,17-19H,5-6,13,16H2,1-4H3. The number of carbonyl (C=O) groups excluding carboxylic acids is 1. The summed E-state index contributed by atoms with van der Waals surface area (Å²) in [4.78, 5) is 31.2. The van der Waals surface area contributed by atoms with Gasteiger partial charge in [-0.2, -0.15) is 0 Å². The Balaban J connectivity index is 1.65. The van der Waals surface area contributed by atoms with Crippen LogP contribution in [-0.2, 0) is 11.2 Å². The zero-order valence-electron chi connectivity index (χ0n) is 19.3. The van der Waals surface area contributed by atoms with Crippen molar-refractivity contribution >= 4 is 11.6 Å². The SMILES string of the molecule is CCC(CC)CN1C(=O)Cc2cc(-c3cncc(-c4ccc(=O)n(C(C)C)c4)c3)ccc21. The fraction of sp³-hybridized carbons (Fsp3) is 0.370. The molecule has 0 radical (unpaired) electrons. The van der Waals surface area contributed by atoms with Crippen LogP contribution in [0, 0.1) is 5.92 Å². The first-order valence-electron chi connectivity index (χ1n) is 11.5. The van der Waals surface area contributed by atoms with Crippen molar-refractivity contribution in [1.82, 2.24) is 9.55 Å². The maximum Gasteiger partial charge on any atom is 0.250 e. The topological polar surface area (TPSA) is 55.2 Å². The van der Waals surface area contributed by atoms with Crippen LogP contribution in [-0.4, -0.2) is 22.0 Å². The highest BCUT2D eigenvalue weighted by Gasteiger charge is 2.28. The van der Waals surface area contributed by atoms with Gasteiger partial charge in [-0.15, -0.1) is 0 Å². The van der Waals surface area contributed by atoms with Crippen molar-refractivity contribution in [3.8, 4) is 22.3 Å². The molecule has 1 aromatic carbocycles. The Labute approximate surface area is 189 Å². The lowest BCUT2D eigenvalue weighted by Gasteiger charge is -2.23. The molecule has 2 aromatic heterocycles. The number of fused-ring (bicyclic) bond motifs is 1. The molecule has 166 valence electrons. The summed E-state index contributed by atoms with van der Waals surface area (Å²) in [6.07, 6.45) is 8.18. The Kier molecular flexibility index (Phi) is 6.26. The van der Waals surface area contributed by atoms with Crippen LogP contribution in [0.5, 0.6) is 0 Å². The highest BCUT2D eigenvalue weighted by atomic mass is 16.2. The zero-order valence-corrected chi connectivity index (χ0v) is 19.3. The average Bonchev–Trinajstić information content (AvgIpc) is 3.11. The maximum atomic E-state index is 12.7. The summed E-state index contributed by atoms with van der Waals surface area (Å²) in [5.41, 5.74) is 6.08. The summed E-state index contributed by atoms with van der Waals surface area (Å²) in [7, 11) is 0. The highest BCUT2D eigenvalue weighted by molar-refractivity contribution is 6.02. The number of hydrogen-bond donors (Lipinski definition) is 0. The molecule has 32 heavy (non-hydrogen) atoms. The molecule has 0 unspecified atom stereocenters. The normalized spacial score (nSPS) is 13.3. The van der Waals surface area contributed by atoms with Crippen molar-refractivity contribution < 1.29 is 4.79 Å². The van der Waals surface area contributed by atoms with Gasteiger partial charge in [-0.25, -0.2) is 0 Å². The van der Waals surface area contributed by atoms with E-state index in [4.69, 9.17) is 0 Å². The van der Waals surface area contributed by atoms with Crippen LogP contribution in [0.25, 0.3) is 22.3 Å². The van der Waals surface area contributed by atoms with Gasteiger partial charge in [0, 0.05) is 54.1 Å². The van der Waals surface area contributed by atoms with Gasteiger partial charge in [-0.1, -0.05) is 32.8 Å². The van der Waals surface area contributed by atoms with E-state index in [1.807, 2.05) is 43.4 Å². The molecule has 0 bridgehead atoms. The fourth-order valence-electron chi connectivity index (χ4n) is 4.40. The molecule has 0 fully saturated rings. The van der Waals surface area contributed by atoms with Crippen molar-refractivity contribution in [3.63, 3.8) is 0 Å². The van der Waals surface area contributed by atoms with Crippen molar-refractivity contribution in [3.05, 3.63) is 70.9 Å². The van der Waals surface area contributed by atoms with E-state index < -0.39 is 0 Å². The summed E-state index contributed by atoms with van der Waals surface area (Å²) in [5, 5.41) is 0. The van der Waals surface area contributed by atoms with Crippen LogP contribution in [0.15, 0.2) is 59.8 Å². The van der Waals surface area contributed by atoms with Crippen LogP contribution < -0.4 is 10.5 Å². The number of aromatic nitrogens is 2. The minimum Gasteiger partial charge on any atom is -0.312 e. The third-order valence-electron chi connectivity index (χ3n) is 6.51. The van der Waals surface area contributed by atoms with Gasteiger partial charge in [0.1, 0.15) is 0 Å². The van der Waals surface area contributed by atoms with Gasteiger partial charge in [0.05, 0.1) is 6.42 Å². The summed E-state index contributed by atoms with van der Waals surface area (Å²) < 4.78 is 1.73. The van der Waals surface area contributed by atoms with Crippen molar-refractivity contribution in [2.24, 2.45) is 5.92 Å². The van der Waals surface area contributed by atoms with Crippen molar-refractivity contribution in [2.75, 3.05) is 11.4 Å². The van der Waals surface area contributed by atoms with Gasteiger partial charge in [-0.05, 0) is 60.7 Å². The predicted molar refractivity (Wildman–Crippen MR) is 130 cm³/mol. The first-order valence-corrected chi connectivity index (χ1v) is 11.5. The van der Waals surface area contributed by atoms with Crippen LogP contribution in [0.3, 0.4) is 0 Å². The van der Waals surface area contributed by atoms with Gasteiger partial charge in [0.15, 0.2) is 0 Å². The van der Waals surface area contributed by atoms with Crippen molar-refractivity contribution in [2.45, 2.75) is 53.0 Å². The molecule has 1 amide bonds. The third-order valence-corrected chi connectivity index (χ3v) is 6.51. The molecule has 0 atom stereocenters. The second-order valence-electron chi connectivity index (χ2n) is 8.93. The van der Waals surface area contributed by atoms with Gasteiger partial charge >= 0.3 is 0 Å². The van der Waals surface area contributed by atoms with Crippen LogP contribution >= 0.6 is 0 Å². The van der Waals surface area contributed by atoms with Crippen LogP contribution in [0.2, 0.25) is 0 Å². The van der Waals surface area contributed by atoms with E-state index in [0.717, 1.165) is 52.9 Å². The number of rotatable bonds is 7. The maximum absolute atomic E-state index is 12.7. The van der Waals surface area contributed by atoms with Crippen LogP contribution in [0.1, 0.15) is 52.1 Å². The summed E-state index contributed by atoms with van der Waals surface area (Å²) in [5.74, 6) is 0.714.